The van der Waals surface area contributed by atoms with Gasteiger partial charge in [-0.25, -0.2) is 18.5 Å². The maximum Gasteiger partial charge on any atom is 0.238 e. The van der Waals surface area contributed by atoms with Crippen LogP contribution in [0.1, 0.15) is 6.42 Å². The Balaban J connectivity index is 1.42. The van der Waals surface area contributed by atoms with E-state index in [9.17, 15) is 13.2 Å². The highest BCUT2D eigenvalue weighted by Crippen LogP contribution is 2.14. The molecule has 1 aliphatic rings. The van der Waals surface area contributed by atoms with E-state index in [1.165, 1.54) is 24.3 Å². The van der Waals surface area contributed by atoms with E-state index in [-0.39, 0.29) is 10.8 Å². The summed E-state index contributed by atoms with van der Waals surface area (Å²) in [5.74, 6) is 0.757. The van der Waals surface area contributed by atoms with Gasteiger partial charge in [0.15, 0.2) is 0 Å². The second-order valence-electron chi connectivity index (χ2n) is 6.26. The zero-order chi connectivity index (χ0) is 19.3. The van der Waals surface area contributed by atoms with Crippen LogP contribution in [0.3, 0.4) is 0 Å². The number of anilines is 2. The van der Waals surface area contributed by atoms with Crippen molar-refractivity contribution < 1.29 is 13.2 Å². The summed E-state index contributed by atoms with van der Waals surface area (Å²) in [6.07, 6.45) is 5.45. The number of nitrogens with one attached hydrogen (secondary N) is 1. The minimum absolute atomic E-state index is 0.0153. The summed E-state index contributed by atoms with van der Waals surface area (Å²) in [5, 5.41) is 7.82. The zero-order valence-corrected chi connectivity index (χ0v) is 15.6. The molecule has 1 aromatic carbocycles. The van der Waals surface area contributed by atoms with Crippen molar-refractivity contribution in [1.29, 1.82) is 0 Å². The predicted molar refractivity (Wildman–Crippen MR) is 102 cm³/mol. The second kappa shape index (κ2) is 8.42. The Morgan fingerprint density at radius 1 is 1.11 bits per heavy atom. The molecule has 9 nitrogen and oxygen atoms in total. The maximum atomic E-state index is 12.1. The first-order valence-corrected chi connectivity index (χ1v) is 10.1. The van der Waals surface area contributed by atoms with Crippen LogP contribution in [0.25, 0.3) is 0 Å². The number of carbonyl (C=O) groups is 1. The maximum absolute atomic E-state index is 12.1. The van der Waals surface area contributed by atoms with E-state index in [4.69, 9.17) is 5.14 Å². The van der Waals surface area contributed by atoms with E-state index in [1.54, 1.807) is 18.6 Å². The van der Waals surface area contributed by atoms with Crippen LogP contribution in [0.15, 0.2) is 47.8 Å². The van der Waals surface area contributed by atoms with Crippen molar-refractivity contribution in [2.45, 2.75) is 11.3 Å². The molecule has 0 spiro atoms. The van der Waals surface area contributed by atoms with Crippen LogP contribution in [0.4, 0.5) is 11.5 Å². The first kappa shape index (κ1) is 19.2. The Bertz CT molecular complexity index is 865. The van der Waals surface area contributed by atoms with Crippen molar-refractivity contribution in [2.75, 3.05) is 42.9 Å². The van der Waals surface area contributed by atoms with Crippen molar-refractivity contribution >= 4 is 27.4 Å². The van der Waals surface area contributed by atoms with Crippen molar-refractivity contribution in [2.24, 2.45) is 5.14 Å². The number of nitrogens with zero attached hydrogens (tertiary/aromatic N) is 4. The van der Waals surface area contributed by atoms with Crippen molar-refractivity contribution in [3.63, 3.8) is 0 Å². The molecule has 1 aliphatic heterocycles. The summed E-state index contributed by atoms with van der Waals surface area (Å²) >= 11 is 0. The summed E-state index contributed by atoms with van der Waals surface area (Å²) in [6, 6.07) is 5.79. The van der Waals surface area contributed by atoms with Crippen molar-refractivity contribution in [3.8, 4) is 0 Å². The van der Waals surface area contributed by atoms with Gasteiger partial charge in [0.1, 0.15) is 5.82 Å². The monoisotopic (exact) mass is 390 g/mol. The van der Waals surface area contributed by atoms with Crippen molar-refractivity contribution in [3.05, 3.63) is 42.9 Å². The molecule has 0 atom stereocenters. The molecular formula is C17H22N6O3S. The molecule has 2 aromatic rings. The first-order chi connectivity index (χ1) is 12.9. The van der Waals surface area contributed by atoms with Crippen molar-refractivity contribution in [1.82, 2.24) is 14.9 Å². The smallest absolute Gasteiger partial charge is 0.238 e. The van der Waals surface area contributed by atoms with Gasteiger partial charge >= 0.3 is 0 Å². The quantitative estimate of drug-likeness (QED) is 0.726. The van der Waals surface area contributed by atoms with Crippen LogP contribution in [0, 0.1) is 0 Å². The molecule has 10 heteroatoms. The number of hydrogen-bond donors (Lipinski definition) is 2. The van der Waals surface area contributed by atoms with Crippen LogP contribution in [0.5, 0.6) is 0 Å². The molecule has 1 fully saturated rings. The van der Waals surface area contributed by atoms with Crippen LogP contribution < -0.4 is 15.4 Å². The summed E-state index contributed by atoms with van der Waals surface area (Å²) in [4.78, 5) is 24.9. The molecule has 0 radical (unpaired) electrons. The highest BCUT2D eigenvalue weighted by molar-refractivity contribution is 7.89. The number of nitrogens with two attached hydrogens (primary N) is 1. The van der Waals surface area contributed by atoms with Gasteiger partial charge in [0.2, 0.25) is 15.9 Å². The van der Waals surface area contributed by atoms with E-state index in [1.807, 2.05) is 0 Å². The molecule has 144 valence electrons. The average Bonchev–Trinajstić information content (AvgIpc) is 2.67. The Hall–Kier alpha value is -2.56. The number of rotatable bonds is 6. The van der Waals surface area contributed by atoms with Crippen LogP contribution in [-0.4, -0.2) is 61.9 Å². The van der Waals surface area contributed by atoms with Gasteiger partial charge in [-0.3, -0.25) is 14.7 Å². The fourth-order valence-corrected chi connectivity index (χ4v) is 3.38. The lowest BCUT2D eigenvalue weighted by atomic mass is 10.2. The highest BCUT2D eigenvalue weighted by atomic mass is 32.2. The summed E-state index contributed by atoms with van der Waals surface area (Å²) in [5.41, 5.74) is 0.542. The number of carbonyl (C=O) groups excluding carboxylic acids is 1. The molecule has 2 heterocycles. The SMILES string of the molecule is NS(=O)(=O)c1ccc(NC(=O)CCN2CCN(c3cnccn3)CC2)cc1. The minimum atomic E-state index is -3.73. The Morgan fingerprint density at radius 3 is 2.41 bits per heavy atom. The molecule has 0 bridgehead atoms. The standard InChI is InChI=1S/C17H22N6O3S/c18-27(25,26)15-3-1-14(2-4-15)21-17(24)5-8-22-9-11-23(12-10-22)16-13-19-6-7-20-16/h1-4,6-7,13H,5,8-12H2,(H,21,24)(H2,18,25,26). The molecule has 1 saturated heterocycles. The fourth-order valence-electron chi connectivity index (χ4n) is 2.87. The Kier molecular flexibility index (Phi) is 5.99. The zero-order valence-electron chi connectivity index (χ0n) is 14.8. The fraction of sp³-hybridized carbons (Fsp3) is 0.353. The lowest BCUT2D eigenvalue weighted by Crippen LogP contribution is -2.47. The lowest BCUT2D eigenvalue weighted by Gasteiger charge is -2.35. The van der Waals surface area contributed by atoms with E-state index in [0.717, 1.165) is 32.0 Å². The largest absolute Gasteiger partial charge is 0.353 e. The number of primary sulfonamides is 1. The Morgan fingerprint density at radius 2 is 1.81 bits per heavy atom. The number of amides is 1. The molecular weight excluding hydrogens is 368 g/mol. The number of sulfonamides is 1. The number of piperazine rings is 1. The van der Waals surface area contributed by atoms with Gasteiger partial charge < -0.3 is 10.2 Å². The first-order valence-electron chi connectivity index (χ1n) is 8.58. The molecule has 3 N–H and O–H groups in total. The molecule has 1 aromatic heterocycles. The minimum Gasteiger partial charge on any atom is -0.353 e. The molecule has 0 unspecified atom stereocenters. The molecule has 27 heavy (non-hydrogen) atoms. The number of aromatic nitrogens is 2. The van der Waals surface area contributed by atoms with Gasteiger partial charge in [0.25, 0.3) is 0 Å². The predicted octanol–water partition coefficient (Wildman–Crippen LogP) is 0.275. The van der Waals surface area contributed by atoms with Gasteiger partial charge in [-0.15, -0.1) is 0 Å². The molecule has 3 rings (SSSR count). The normalized spacial score (nSPS) is 15.5. The van der Waals surface area contributed by atoms with E-state index >= 15 is 0 Å². The van der Waals surface area contributed by atoms with Crippen LogP contribution >= 0.6 is 0 Å². The third-order valence-corrected chi connectivity index (χ3v) is 5.30. The van der Waals surface area contributed by atoms with Gasteiger partial charge in [-0.2, -0.15) is 0 Å². The lowest BCUT2D eigenvalue weighted by molar-refractivity contribution is -0.116. The second-order valence-corrected chi connectivity index (χ2v) is 7.82. The van der Waals surface area contributed by atoms with E-state index in [2.05, 4.69) is 25.1 Å². The average molecular weight is 390 g/mol. The van der Waals surface area contributed by atoms with E-state index < -0.39 is 10.0 Å². The molecule has 0 aliphatic carbocycles. The topological polar surface area (TPSA) is 122 Å². The third-order valence-electron chi connectivity index (χ3n) is 4.37. The number of benzene rings is 1. The molecule has 0 saturated carbocycles. The van der Waals surface area contributed by atoms with E-state index in [0.29, 0.717) is 18.7 Å². The molecule has 1 amide bonds. The van der Waals surface area contributed by atoms with Gasteiger partial charge in [0.05, 0.1) is 11.1 Å². The van der Waals surface area contributed by atoms with Crippen LogP contribution in [-0.2, 0) is 14.8 Å². The van der Waals surface area contributed by atoms with Crippen LogP contribution in [0.2, 0.25) is 0 Å². The Labute approximate surface area is 158 Å². The third kappa shape index (κ3) is 5.46. The van der Waals surface area contributed by atoms with Gasteiger partial charge in [0, 0.05) is 57.2 Å². The van der Waals surface area contributed by atoms with Gasteiger partial charge in [-0.05, 0) is 24.3 Å². The van der Waals surface area contributed by atoms with Gasteiger partial charge in [-0.1, -0.05) is 0 Å². The number of hydrogen-bond acceptors (Lipinski definition) is 7. The summed E-state index contributed by atoms with van der Waals surface area (Å²) in [6.45, 7) is 4.06. The highest BCUT2D eigenvalue weighted by Gasteiger charge is 2.18. The summed E-state index contributed by atoms with van der Waals surface area (Å²) < 4.78 is 22.5. The summed E-state index contributed by atoms with van der Waals surface area (Å²) in [7, 11) is -3.73.